The highest BCUT2D eigenvalue weighted by molar-refractivity contribution is 7.13. The zero-order valence-corrected chi connectivity index (χ0v) is 18.5. The summed E-state index contributed by atoms with van der Waals surface area (Å²) in [7, 11) is 0. The van der Waals surface area contributed by atoms with Gasteiger partial charge in [-0.1, -0.05) is 40.9 Å². The van der Waals surface area contributed by atoms with E-state index < -0.39 is 0 Å². The second-order valence-corrected chi connectivity index (χ2v) is 9.19. The molecule has 1 saturated heterocycles. The van der Waals surface area contributed by atoms with Gasteiger partial charge in [0.15, 0.2) is 0 Å². The van der Waals surface area contributed by atoms with Crippen LogP contribution in [0.5, 0.6) is 0 Å². The molecule has 1 fully saturated rings. The van der Waals surface area contributed by atoms with E-state index in [9.17, 15) is 0 Å². The fourth-order valence-electron chi connectivity index (χ4n) is 4.08. The number of anilines is 1. The van der Waals surface area contributed by atoms with Gasteiger partial charge in [0.05, 0.1) is 4.70 Å². The molecular formula is C23H25N5S2. The number of nitrogens with zero attached hydrogens (tertiary/aromatic N) is 5. The maximum absolute atomic E-state index is 4.72. The van der Waals surface area contributed by atoms with Crippen molar-refractivity contribution in [3.63, 3.8) is 0 Å². The molecule has 2 aromatic heterocycles. The summed E-state index contributed by atoms with van der Waals surface area (Å²) in [6.07, 6.45) is 3.62. The van der Waals surface area contributed by atoms with Crippen molar-refractivity contribution in [2.75, 3.05) is 37.6 Å². The monoisotopic (exact) mass is 435 g/mol. The largest absolute Gasteiger partial charge is 0.353 e. The third kappa shape index (κ3) is 4.38. The zero-order chi connectivity index (χ0) is 20.2. The van der Waals surface area contributed by atoms with Crippen LogP contribution in [0.3, 0.4) is 0 Å². The first-order chi connectivity index (χ1) is 14.9. The Morgan fingerprint density at radius 1 is 0.900 bits per heavy atom. The molecule has 7 heteroatoms. The molecular weight excluding hydrogens is 410 g/mol. The Labute approximate surface area is 185 Å². The molecule has 30 heavy (non-hydrogen) atoms. The van der Waals surface area contributed by atoms with E-state index in [1.54, 1.807) is 11.5 Å². The average molecular weight is 436 g/mol. The first-order valence-corrected chi connectivity index (χ1v) is 12.2. The summed E-state index contributed by atoms with van der Waals surface area (Å²) in [5, 5.41) is 7.43. The molecule has 0 unspecified atom stereocenters. The van der Waals surface area contributed by atoms with E-state index in [1.807, 2.05) is 5.38 Å². The lowest BCUT2D eigenvalue weighted by atomic mass is 10.0. The number of aromatic nitrogens is 3. The van der Waals surface area contributed by atoms with E-state index in [2.05, 4.69) is 67.9 Å². The molecule has 2 aromatic carbocycles. The van der Waals surface area contributed by atoms with Gasteiger partial charge in [0.25, 0.3) is 0 Å². The second kappa shape index (κ2) is 9.20. The van der Waals surface area contributed by atoms with Gasteiger partial charge in [-0.15, -0.1) is 5.10 Å². The Balaban J connectivity index is 1.05. The molecule has 0 atom stereocenters. The number of hydrogen-bond acceptors (Lipinski definition) is 7. The van der Waals surface area contributed by atoms with Gasteiger partial charge in [0, 0.05) is 42.5 Å². The Kier molecular flexibility index (Phi) is 6.01. The lowest BCUT2D eigenvalue weighted by Gasteiger charge is -2.35. The first kappa shape index (κ1) is 19.6. The van der Waals surface area contributed by atoms with Gasteiger partial charge in [-0.25, -0.2) is 0 Å². The molecule has 5 rings (SSSR count). The number of rotatable bonds is 7. The van der Waals surface area contributed by atoms with Gasteiger partial charge in [-0.3, -0.25) is 4.90 Å². The topological polar surface area (TPSA) is 45.2 Å². The molecule has 1 aliphatic heterocycles. The molecule has 4 aromatic rings. The van der Waals surface area contributed by atoms with Gasteiger partial charge < -0.3 is 4.90 Å². The van der Waals surface area contributed by atoms with Crippen LogP contribution in [0.1, 0.15) is 18.4 Å². The predicted octanol–water partition coefficient (Wildman–Crippen LogP) is 4.96. The van der Waals surface area contributed by atoms with Crippen LogP contribution in [0.25, 0.3) is 21.3 Å². The van der Waals surface area contributed by atoms with E-state index in [0.717, 1.165) is 43.9 Å². The van der Waals surface area contributed by atoms with Crippen molar-refractivity contribution in [3.05, 3.63) is 59.5 Å². The third-order valence-corrected chi connectivity index (χ3v) is 7.15. The van der Waals surface area contributed by atoms with Crippen molar-refractivity contribution in [2.45, 2.75) is 19.3 Å². The van der Waals surface area contributed by atoms with Crippen LogP contribution in [0, 0.1) is 0 Å². The molecule has 0 amide bonds. The fourth-order valence-corrected chi connectivity index (χ4v) is 5.34. The van der Waals surface area contributed by atoms with Crippen molar-refractivity contribution in [1.29, 1.82) is 0 Å². The Morgan fingerprint density at radius 3 is 2.53 bits per heavy atom. The van der Waals surface area contributed by atoms with Crippen LogP contribution in [-0.4, -0.2) is 51.6 Å². The van der Waals surface area contributed by atoms with Crippen molar-refractivity contribution < 1.29 is 0 Å². The molecule has 0 saturated carbocycles. The Morgan fingerprint density at radius 2 is 1.73 bits per heavy atom. The lowest BCUT2D eigenvalue weighted by molar-refractivity contribution is 0.253. The highest BCUT2D eigenvalue weighted by atomic mass is 32.1. The average Bonchev–Trinajstić information content (AvgIpc) is 3.48. The first-order valence-electron chi connectivity index (χ1n) is 10.5. The summed E-state index contributed by atoms with van der Waals surface area (Å²) >= 11 is 3.01. The van der Waals surface area contributed by atoms with Crippen LogP contribution in [0.4, 0.5) is 5.82 Å². The number of hydrogen-bond donors (Lipinski definition) is 0. The fraction of sp³-hybridized carbons (Fsp3) is 0.348. The second-order valence-electron chi connectivity index (χ2n) is 7.78. The molecule has 3 heterocycles. The summed E-state index contributed by atoms with van der Waals surface area (Å²) in [5.41, 5.74) is 3.52. The van der Waals surface area contributed by atoms with E-state index in [1.165, 1.54) is 52.4 Å². The Bertz CT molecular complexity index is 1070. The number of piperazine rings is 1. The SMILES string of the molecule is c1ccc2c(N3CCN(CCCCc4ccc(-c5csnn5)cc4)CC3)nsc2c1. The van der Waals surface area contributed by atoms with Crippen LogP contribution >= 0.6 is 23.1 Å². The maximum atomic E-state index is 4.72. The maximum Gasteiger partial charge on any atom is 0.150 e. The minimum absolute atomic E-state index is 0.969. The molecule has 0 N–H and O–H groups in total. The van der Waals surface area contributed by atoms with Gasteiger partial charge in [-0.05, 0) is 66.6 Å². The van der Waals surface area contributed by atoms with Crippen molar-refractivity contribution in [2.24, 2.45) is 0 Å². The minimum Gasteiger partial charge on any atom is -0.353 e. The summed E-state index contributed by atoms with van der Waals surface area (Å²) < 4.78 is 9.94. The molecule has 0 bridgehead atoms. The lowest BCUT2D eigenvalue weighted by Crippen LogP contribution is -2.46. The molecule has 0 spiro atoms. The molecule has 0 radical (unpaired) electrons. The summed E-state index contributed by atoms with van der Waals surface area (Å²) in [4.78, 5) is 5.05. The molecule has 154 valence electrons. The third-order valence-electron chi connectivity index (χ3n) is 5.83. The van der Waals surface area contributed by atoms with Gasteiger partial charge >= 0.3 is 0 Å². The van der Waals surface area contributed by atoms with Gasteiger partial charge in [0.2, 0.25) is 0 Å². The summed E-state index contributed by atoms with van der Waals surface area (Å²) in [5.74, 6) is 1.17. The normalized spacial score (nSPS) is 15.1. The summed E-state index contributed by atoms with van der Waals surface area (Å²) in [6.45, 7) is 5.58. The highest BCUT2D eigenvalue weighted by Crippen LogP contribution is 2.29. The van der Waals surface area contributed by atoms with E-state index in [4.69, 9.17) is 4.37 Å². The van der Waals surface area contributed by atoms with Crippen molar-refractivity contribution >= 4 is 39.0 Å². The standard InChI is InChI=1S/C23H25N5S2/c1-2-7-22-20(6-1)23(25-30-22)28-15-13-27(14-16-28)12-4-3-5-18-8-10-19(11-9-18)21-17-29-26-24-21/h1-2,6-11,17H,3-5,12-16H2. The van der Waals surface area contributed by atoms with E-state index in [-0.39, 0.29) is 0 Å². The number of benzene rings is 2. The highest BCUT2D eigenvalue weighted by Gasteiger charge is 2.20. The summed E-state index contributed by atoms with van der Waals surface area (Å²) in [6, 6.07) is 17.3. The molecule has 1 aliphatic rings. The predicted molar refractivity (Wildman–Crippen MR) is 127 cm³/mol. The number of aryl methyl sites for hydroxylation is 1. The quantitative estimate of drug-likeness (QED) is 0.384. The van der Waals surface area contributed by atoms with Crippen LogP contribution < -0.4 is 4.90 Å². The zero-order valence-electron chi connectivity index (χ0n) is 16.9. The van der Waals surface area contributed by atoms with Crippen molar-refractivity contribution in [3.8, 4) is 11.3 Å². The number of fused-ring (bicyclic) bond motifs is 1. The molecule has 0 aliphatic carbocycles. The van der Waals surface area contributed by atoms with Gasteiger partial charge in [-0.2, -0.15) is 4.37 Å². The van der Waals surface area contributed by atoms with E-state index in [0.29, 0.717) is 0 Å². The van der Waals surface area contributed by atoms with Crippen molar-refractivity contribution in [1.82, 2.24) is 18.9 Å². The Hall–Kier alpha value is -2.35. The minimum atomic E-state index is 0.969. The van der Waals surface area contributed by atoms with Crippen LogP contribution in [0.2, 0.25) is 0 Å². The van der Waals surface area contributed by atoms with Gasteiger partial charge in [0.1, 0.15) is 11.5 Å². The molecule has 5 nitrogen and oxygen atoms in total. The number of unbranched alkanes of at least 4 members (excludes halogenated alkanes) is 1. The van der Waals surface area contributed by atoms with E-state index >= 15 is 0 Å². The van der Waals surface area contributed by atoms with Crippen LogP contribution in [0.15, 0.2) is 53.9 Å². The van der Waals surface area contributed by atoms with Crippen LogP contribution in [-0.2, 0) is 6.42 Å². The smallest absolute Gasteiger partial charge is 0.150 e.